The molecule has 1 N–H and O–H groups in total. The third kappa shape index (κ3) is 4.01. The van der Waals surface area contributed by atoms with Crippen LogP contribution in [0.4, 0.5) is 4.39 Å². The molecule has 1 fully saturated rings. The van der Waals surface area contributed by atoms with Gasteiger partial charge in [-0.2, -0.15) is 0 Å². The molecule has 2 aromatic rings. The number of nitrogens with zero attached hydrogens (tertiary/aromatic N) is 1. The summed E-state index contributed by atoms with van der Waals surface area (Å²) >= 11 is 0. The molecule has 0 saturated carbocycles. The van der Waals surface area contributed by atoms with Gasteiger partial charge in [-0.3, -0.25) is 9.69 Å². The number of halogens is 1. The molecule has 1 aliphatic rings. The van der Waals surface area contributed by atoms with Crippen molar-refractivity contribution in [2.45, 2.75) is 31.8 Å². The van der Waals surface area contributed by atoms with E-state index in [4.69, 9.17) is 0 Å². The predicted molar refractivity (Wildman–Crippen MR) is 92.9 cm³/mol. The van der Waals surface area contributed by atoms with Gasteiger partial charge >= 0.3 is 0 Å². The molecule has 3 rings (SSSR count). The van der Waals surface area contributed by atoms with Crippen molar-refractivity contribution in [3.05, 3.63) is 71.5 Å². The highest BCUT2D eigenvalue weighted by Crippen LogP contribution is 2.31. The summed E-state index contributed by atoms with van der Waals surface area (Å²) in [5.74, 6) is -0.196. The number of benzene rings is 2. The van der Waals surface area contributed by atoms with Gasteiger partial charge in [-0.25, -0.2) is 4.39 Å². The van der Waals surface area contributed by atoms with E-state index >= 15 is 0 Å². The van der Waals surface area contributed by atoms with E-state index in [9.17, 15) is 9.18 Å². The standard InChI is InChI=1S/C20H23FN2O/c1-15(16-6-3-2-4-7-16)22-20(24)14-23-13-5-8-19(23)17-9-11-18(21)12-10-17/h2-4,6-7,9-12,15,19H,5,8,13-14H2,1H3,(H,22,24). The van der Waals surface area contributed by atoms with E-state index in [1.807, 2.05) is 49.4 Å². The van der Waals surface area contributed by atoms with Crippen LogP contribution in [0.5, 0.6) is 0 Å². The second-order valence-electron chi connectivity index (χ2n) is 6.38. The van der Waals surface area contributed by atoms with E-state index in [1.165, 1.54) is 12.1 Å². The molecule has 0 spiro atoms. The summed E-state index contributed by atoms with van der Waals surface area (Å²) in [5, 5.41) is 3.06. The van der Waals surface area contributed by atoms with Crippen LogP contribution in [-0.2, 0) is 4.79 Å². The number of amides is 1. The molecule has 1 aliphatic heterocycles. The third-order valence-electron chi connectivity index (χ3n) is 4.64. The maximum atomic E-state index is 13.1. The number of hydrogen-bond acceptors (Lipinski definition) is 2. The number of nitrogens with one attached hydrogen (secondary N) is 1. The van der Waals surface area contributed by atoms with E-state index < -0.39 is 0 Å². The summed E-state index contributed by atoms with van der Waals surface area (Å²) in [6.45, 7) is 3.27. The molecule has 24 heavy (non-hydrogen) atoms. The van der Waals surface area contributed by atoms with Gasteiger partial charge in [-0.05, 0) is 49.6 Å². The summed E-state index contributed by atoms with van der Waals surface area (Å²) in [5.41, 5.74) is 2.18. The molecule has 1 saturated heterocycles. The normalized spacial score (nSPS) is 19.2. The van der Waals surface area contributed by atoms with Crippen LogP contribution >= 0.6 is 0 Å². The molecule has 0 aromatic heterocycles. The van der Waals surface area contributed by atoms with Crippen molar-refractivity contribution >= 4 is 5.91 Å². The fraction of sp³-hybridized carbons (Fsp3) is 0.350. The van der Waals surface area contributed by atoms with E-state index in [1.54, 1.807) is 0 Å². The van der Waals surface area contributed by atoms with Crippen LogP contribution in [-0.4, -0.2) is 23.9 Å². The molecule has 2 aromatic carbocycles. The smallest absolute Gasteiger partial charge is 0.234 e. The van der Waals surface area contributed by atoms with Gasteiger partial charge in [0.1, 0.15) is 5.82 Å². The molecule has 4 heteroatoms. The van der Waals surface area contributed by atoms with Crippen LogP contribution < -0.4 is 5.32 Å². The molecular weight excluding hydrogens is 303 g/mol. The van der Waals surface area contributed by atoms with Crippen molar-refractivity contribution in [2.24, 2.45) is 0 Å². The first-order valence-electron chi connectivity index (χ1n) is 8.47. The average Bonchev–Trinajstić information content (AvgIpc) is 3.04. The number of hydrogen-bond donors (Lipinski definition) is 1. The minimum atomic E-state index is -0.224. The molecule has 1 heterocycles. The van der Waals surface area contributed by atoms with Crippen molar-refractivity contribution in [3.63, 3.8) is 0 Å². The quantitative estimate of drug-likeness (QED) is 0.905. The first kappa shape index (κ1) is 16.7. The summed E-state index contributed by atoms with van der Waals surface area (Å²) in [6, 6.07) is 16.8. The molecule has 0 bridgehead atoms. The van der Waals surface area contributed by atoms with Crippen LogP contribution in [0.2, 0.25) is 0 Å². The Kier molecular flexibility index (Phi) is 5.26. The van der Waals surface area contributed by atoms with Gasteiger partial charge in [0.05, 0.1) is 12.6 Å². The summed E-state index contributed by atoms with van der Waals surface area (Å²) < 4.78 is 13.1. The highest BCUT2D eigenvalue weighted by molar-refractivity contribution is 5.78. The molecule has 2 atom stereocenters. The Morgan fingerprint density at radius 3 is 2.62 bits per heavy atom. The van der Waals surface area contributed by atoms with Gasteiger partial charge in [0.2, 0.25) is 5.91 Å². The highest BCUT2D eigenvalue weighted by atomic mass is 19.1. The van der Waals surface area contributed by atoms with Crippen LogP contribution in [0.3, 0.4) is 0 Å². The zero-order chi connectivity index (χ0) is 16.9. The zero-order valence-corrected chi connectivity index (χ0v) is 13.9. The van der Waals surface area contributed by atoms with Crippen LogP contribution in [0.1, 0.15) is 43.0 Å². The van der Waals surface area contributed by atoms with Crippen molar-refractivity contribution in [3.8, 4) is 0 Å². The van der Waals surface area contributed by atoms with Crippen molar-refractivity contribution in [1.82, 2.24) is 10.2 Å². The van der Waals surface area contributed by atoms with Gasteiger partial charge in [0, 0.05) is 6.04 Å². The monoisotopic (exact) mass is 326 g/mol. The Labute approximate surface area is 142 Å². The van der Waals surface area contributed by atoms with Gasteiger partial charge in [0.25, 0.3) is 0 Å². The Morgan fingerprint density at radius 1 is 1.21 bits per heavy atom. The molecule has 0 aliphatic carbocycles. The fourth-order valence-corrected chi connectivity index (χ4v) is 3.37. The lowest BCUT2D eigenvalue weighted by Gasteiger charge is -2.25. The Hall–Kier alpha value is -2.20. The Morgan fingerprint density at radius 2 is 1.92 bits per heavy atom. The van der Waals surface area contributed by atoms with Crippen LogP contribution in [0.25, 0.3) is 0 Å². The lowest BCUT2D eigenvalue weighted by Crippen LogP contribution is -2.38. The molecule has 0 radical (unpaired) electrons. The molecule has 126 valence electrons. The summed E-state index contributed by atoms with van der Waals surface area (Å²) in [7, 11) is 0. The minimum Gasteiger partial charge on any atom is -0.348 e. The van der Waals surface area contributed by atoms with Crippen molar-refractivity contribution < 1.29 is 9.18 Å². The number of carbonyl (C=O) groups is 1. The van der Waals surface area contributed by atoms with Crippen LogP contribution in [0.15, 0.2) is 54.6 Å². The topological polar surface area (TPSA) is 32.3 Å². The third-order valence-corrected chi connectivity index (χ3v) is 4.64. The van der Waals surface area contributed by atoms with Crippen LogP contribution in [0, 0.1) is 5.82 Å². The minimum absolute atomic E-state index is 0.00873. The predicted octanol–water partition coefficient (Wildman–Crippen LogP) is 3.84. The Bertz CT molecular complexity index is 672. The zero-order valence-electron chi connectivity index (χ0n) is 13.9. The lowest BCUT2D eigenvalue weighted by atomic mass is 10.0. The van der Waals surface area contributed by atoms with Gasteiger partial charge < -0.3 is 5.32 Å². The number of rotatable bonds is 5. The van der Waals surface area contributed by atoms with Gasteiger partial charge in [0.15, 0.2) is 0 Å². The van der Waals surface area contributed by atoms with E-state index in [0.29, 0.717) is 6.54 Å². The maximum Gasteiger partial charge on any atom is 0.234 e. The molecule has 2 unspecified atom stereocenters. The lowest BCUT2D eigenvalue weighted by molar-refractivity contribution is -0.123. The first-order chi connectivity index (χ1) is 11.6. The van der Waals surface area contributed by atoms with E-state index in [0.717, 1.165) is 30.5 Å². The van der Waals surface area contributed by atoms with Gasteiger partial charge in [-0.1, -0.05) is 42.5 Å². The first-order valence-corrected chi connectivity index (χ1v) is 8.47. The molecule has 1 amide bonds. The maximum absolute atomic E-state index is 13.1. The van der Waals surface area contributed by atoms with E-state index in [-0.39, 0.29) is 23.8 Å². The van der Waals surface area contributed by atoms with Crippen molar-refractivity contribution in [2.75, 3.05) is 13.1 Å². The fourth-order valence-electron chi connectivity index (χ4n) is 3.37. The van der Waals surface area contributed by atoms with Crippen molar-refractivity contribution in [1.29, 1.82) is 0 Å². The largest absolute Gasteiger partial charge is 0.348 e. The van der Waals surface area contributed by atoms with Gasteiger partial charge in [-0.15, -0.1) is 0 Å². The number of likely N-dealkylation sites (tertiary alicyclic amines) is 1. The number of carbonyl (C=O) groups excluding carboxylic acids is 1. The molecule has 3 nitrogen and oxygen atoms in total. The van der Waals surface area contributed by atoms with E-state index in [2.05, 4.69) is 10.2 Å². The molecular formula is C20H23FN2O. The summed E-state index contributed by atoms with van der Waals surface area (Å²) in [4.78, 5) is 14.6. The summed E-state index contributed by atoms with van der Waals surface area (Å²) in [6.07, 6.45) is 2.07. The second kappa shape index (κ2) is 7.58. The second-order valence-corrected chi connectivity index (χ2v) is 6.38. The highest BCUT2D eigenvalue weighted by Gasteiger charge is 2.27. The Balaban J connectivity index is 1.60. The average molecular weight is 326 g/mol. The SMILES string of the molecule is CC(NC(=O)CN1CCCC1c1ccc(F)cc1)c1ccccc1.